The van der Waals surface area contributed by atoms with Crippen LogP contribution in [0.1, 0.15) is 22.8 Å². The van der Waals surface area contributed by atoms with Crippen LogP contribution in [0.15, 0.2) is 42.5 Å². The molecule has 0 aliphatic heterocycles. The van der Waals surface area contributed by atoms with E-state index in [1.807, 2.05) is 31.2 Å². The van der Waals surface area contributed by atoms with Gasteiger partial charge in [-0.05, 0) is 30.2 Å². The average Bonchev–Trinajstić information content (AvgIpc) is 2.34. The number of aliphatic hydroxyl groups excluding tert-OH is 1. The number of benzene rings is 2. The fraction of sp³-hybridized carbons (Fsp3) is 0.200. The van der Waals surface area contributed by atoms with Crippen LogP contribution in [0.2, 0.25) is 0 Å². The van der Waals surface area contributed by atoms with Crippen LogP contribution < -0.4 is 0 Å². The second-order valence-electron chi connectivity index (χ2n) is 4.38. The molecule has 0 saturated heterocycles. The van der Waals surface area contributed by atoms with E-state index in [1.165, 1.54) is 6.07 Å². The van der Waals surface area contributed by atoms with Crippen LogP contribution >= 0.6 is 0 Å². The SMILES string of the molecule is Cc1cccc(C(O)Cc2ccc(F)c(F)c2)c1. The van der Waals surface area contributed by atoms with Gasteiger partial charge in [0.2, 0.25) is 0 Å². The molecule has 0 bridgehead atoms. The molecule has 2 rings (SSSR count). The van der Waals surface area contributed by atoms with Crippen LogP contribution in [-0.4, -0.2) is 5.11 Å². The molecular formula is C15H14F2O. The maximum Gasteiger partial charge on any atom is 0.159 e. The van der Waals surface area contributed by atoms with E-state index in [0.717, 1.165) is 23.3 Å². The lowest BCUT2D eigenvalue weighted by molar-refractivity contribution is 0.178. The lowest BCUT2D eigenvalue weighted by atomic mass is 10.00. The van der Waals surface area contributed by atoms with E-state index in [4.69, 9.17) is 0 Å². The predicted octanol–water partition coefficient (Wildman–Crippen LogP) is 3.55. The average molecular weight is 248 g/mol. The van der Waals surface area contributed by atoms with E-state index < -0.39 is 17.7 Å². The topological polar surface area (TPSA) is 20.2 Å². The van der Waals surface area contributed by atoms with Gasteiger partial charge in [-0.3, -0.25) is 0 Å². The Labute approximate surface area is 105 Å². The van der Waals surface area contributed by atoms with Crippen LogP contribution in [0.25, 0.3) is 0 Å². The lowest BCUT2D eigenvalue weighted by Crippen LogP contribution is -2.02. The summed E-state index contributed by atoms with van der Waals surface area (Å²) in [7, 11) is 0. The van der Waals surface area contributed by atoms with Gasteiger partial charge < -0.3 is 5.11 Å². The lowest BCUT2D eigenvalue weighted by Gasteiger charge is -2.12. The summed E-state index contributed by atoms with van der Waals surface area (Å²) in [4.78, 5) is 0. The summed E-state index contributed by atoms with van der Waals surface area (Å²) in [6.45, 7) is 1.94. The predicted molar refractivity (Wildman–Crippen MR) is 66.2 cm³/mol. The maximum absolute atomic E-state index is 13.0. The zero-order valence-corrected chi connectivity index (χ0v) is 10.0. The first-order valence-electron chi connectivity index (χ1n) is 5.75. The Hall–Kier alpha value is -1.74. The minimum atomic E-state index is -0.885. The number of hydrogen-bond acceptors (Lipinski definition) is 1. The fourth-order valence-corrected chi connectivity index (χ4v) is 1.89. The molecule has 0 heterocycles. The Bertz CT molecular complexity index is 552. The Balaban J connectivity index is 2.16. The highest BCUT2D eigenvalue weighted by Crippen LogP contribution is 2.20. The minimum Gasteiger partial charge on any atom is -0.388 e. The van der Waals surface area contributed by atoms with E-state index in [9.17, 15) is 13.9 Å². The van der Waals surface area contributed by atoms with Crippen molar-refractivity contribution in [3.8, 4) is 0 Å². The molecule has 0 aromatic heterocycles. The van der Waals surface area contributed by atoms with Gasteiger partial charge >= 0.3 is 0 Å². The molecule has 0 amide bonds. The van der Waals surface area contributed by atoms with Crippen LogP contribution in [0.4, 0.5) is 8.78 Å². The van der Waals surface area contributed by atoms with Crippen molar-refractivity contribution in [2.75, 3.05) is 0 Å². The van der Waals surface area contributed by atoms with Crippen molar-refractivity contribution in [3.05, 3.63) is 70.8 Å². The Kier molecular flexibility index (Phi) is 3.72. The van der Waals surface area contributed by atoms with E-state index >= 15 is 0 Å². The number of aryl methyl sites for hydroxylation is 1. The normalized spacial score (nSPS) is 12.4. The maximum atomic E-state index is 13.0. The van der Waals surface area contributed by atoms with Gasteiger partial charge in [-0.15, -0.1) is 0 Å². The smallest absolute Gasteiger partial charge is 0.159 e. The Morgan fingerprint density at radius 3 is 2.50 bits per heavy atom. The van der Waals surface area contributed by atoms with Crippen LogP contribution in [-0.2, 0) is 6.42 Å². The van der Waals surface area contributed by atoms with E-state index in [2.05, 4.69) is 0 Å². The van der Waals surface area contributed by atoms with Crippen LogP contribution in [0.3, 0.4) is 0 Å². The van der Waals surface area contributed by atoms with Crippen molar-refractivity contribution in [1.29, 1.82) is 0 Å². The molecule has 0 radical (unpaired) electrons. The number of aliphatic hydroxyl groups is 1. The van der Waals surface area contributed by atoms with Gasteiger partial charge in [0, 0.05) is 6.42 Å². The van der Waals surface area contributed by atoms with Crippen molar-refractivity contribution in [2.24, 2.45) is 0 Å². The zero-order valence-electron chi connectivity index (χ0n) is 10.0. The van der Waals surface area contributed by atoms with Gasteiger partial charge in [0.05, 0.1) is 6.10 Å². The van der Waals surface area contributed by atoms with E-state index in [0.29, 0.717) is 5.56 Å². The largest absolute Gasteiger partial charge is 0.388 e. The second kappa shape index (κ2) is 5.27. The van der Waals surface area contributed by atoms with Crippen molar-refractivity contribution in [2.45, 2.75) is 19.4 Å². The van der Waals surface area contributed by atoms with Crippen molar-refractivity contribution < 1.29 is 13.9 Å². The number of rotatable bonds is 3. The summed E-state index contributed by atoms with van der Waals surface area (Å²) in [5.41, 5.74) is 2.40. The van der Waals surface area contributed by atoms with Gasteiger partial charge in [-0.1, -0.05) is 35.9 Å². The molecule has 1 atom stereocenters. The standard InChI is InChI=1S/C15H14F2O/c1-10-3-2-4-12(7-10)15(18)9-11-5-6-13(16)14(17)8-11/h2-8,15,18H,9H2,1H3. The first-order chi connectivity index (χ1) is 8.56. The van der Waals surface area contributed by atoms with Crippen molar-refractivity contribution in [3.63, 3.8) is 0 Å². The Morgan fingerprint density at radius 2 is 1.83 bits per heavy atom. The third kappa shape index (κ3) is 2.93. The third-order valence-electron chi connectivity index (χ3n) is 2.84. The van der Waals surface area contributed by atoms with Gasteiger partial charge in [-0.25, -0.2) is 8.78 Å². The zero-order chi connectivity index (χ0) is 13.1. The molecule has 2 aromatic carbocycles. The summed E-state index contributed by atoms with van der Waals surface area (Å²) in [5, 5.41) is 10.0. The molecule has 1 unspecified atom stereocenters. The summed E-state index contributed by atoms with van der Waals surface area (Å²) in [5.74, 6) is -1.76. The second-order valence-corrected chi connectivity index (χ2v) is 4.38. The molecule has 18 heavy (non-hydrogen) atoms. The Morgan fingerprint density at radius 1 is 1.06 bits per heavy atom. The first-order valence-corrected chi connectivity index (χ1v) is 5.75. The quantitative estimate of drug-likeness (QED) is 0.880. The molecule has 94 valence electrons. The van der Waals surface area contributed by atoms with Gasteiger partial charge in [0.15, 0.2) is 11.6 Å². The minimum absolute atomic E-state index is 0.265. The summed E-state index contributed by atoms with van der Waals surface area (Å²) in [6, 6.07) is 11.2. The van der Waals surface area contributed by atoms with Gasteiger partial charge in [0.1, 0.15) is 0 Å². The molecule has 3 heteroatoms. The molecule has 2 aromatic rings. The summed E-state index contributed by atoms with van der Waals surface area (Å²) >= 11 is 0. The van der Waals surface area contributed by atoms with Crippen molar-refractivity contribution >= 4 is 0 Å². The monoisotopic (exact) mass is 248 g/mol. The van der Waals surface area contributed by atoms with Crippen LogP contribution in [0, 0.1) is 18.6 Å². The summed E-state index contributed by atoms with van der Waals surface area (Å²) in [6.07, 6.45) is -0.449. The van der Waals surface area contributed by atoms with E-state index in [-0.39, 0.29) is 6.42 Å². The highest BCUT2D eigenvalue weighted by Gasteiger charge is 2.10. The highest BCUT2D eigenvalue weighted by atomic mass is 19.2. The van der Waals surface area contributed by atoms with Crippen molar-refractivity contribution in [1.82, 2.24) is 0 Å². The van der Waals surface area contributed by atoms with Gasteiger partial charge in [-0.2, -0.15) is 0 Å². The summed E-state index contributed by atoms with van der Waals surface area (Å²) < 4.78 is 25.8. The molecule has 0 saturated carbocycles. The number of hydrogen-bond donors (Lipinski definition) is 1. The number of halogens is 2. The van der Waals surface area contributed by atoms with E-state index in [1.54, 1.807) is 0 Å². The molecule has 0 aliphatic rings. The first kappa shape index (κ1) is 12.7. The molecule has 0 spiro atoms. The fourth-order valence-electron chi connectivity index (χ4n) is 1.89. The highest BCUT2D eigenvalue weighted by molar-refractivity contribution is 5.26. The molecular weight excluding hydrogens is 234 g/mol. The van der Waals surface area contributed by atoms with Crippen LogP contribution in [0.5, 0.6) is 0 Å². The molecule has 0 fully saturated rings. The molecule has 1 nitrogen and oxygen atoms in total. The molecule has 1 N–H and O–H groups in total. The third-order valence-corrected chi connectivity index (χ3v) is 2.84. The van der Waals surface area contributed by atoms with Gasteiger partial charge in [0.25, 0.3) is 0 Å². The molecule has 0 aliphatic carbocycles.